The van der Waals surface area contributed by atoms with E-state index in [1.54, 1.807) is 0 Å². The first kappa shape index (κ1) is 8.70. The van der Waals surface area contributed by atoms with Crippen LogP contribution in [0.25, 0.3) is 0 Å². The Kier molecular flexibility index (Phi) is 3.55. The van der Waals surface area contributed by atoms with Gasteiger partial charge in [0, 0.05) is 0 Å². The van der Waals surface area contributed by atoms with E-state index in [2.05, 4.69) is 43.6 Å². The minimum absolute atomic E-state index is 0.926. The maximum absolute atomic E-state index is 2.33. The lowest BCUT2D eigenvalue weighted by atomic mass is 10.5. The Labute approximate surface area is 59.3 Å². The number of hydrogen-bond donors (Lipinski definition) is 0. The summed E-state index contributed by atoms with van der Waals surface area (Å²) in [5.74, 6) is 0. The van der Waals surface area contributed by atoms with Gasteiger partial charge in [0.15, 0.2) is 0 Å². The fourth-order valence-electron chi connectivity index (χ4n) is 0.455. The van der Waals surface area contributed by atoms with Crippen molar-refractivity contribution in [1.82, 2.24) is 0 Å². The van der Waals surface area contributed by atoms with Gasteiger partial charge < -0.3 is 0 Å². The monoisotopic (exact) mass is 140 g/mol. The first-order valence-corrected chi connectivity index (χ1v) is 6.94. The molecule has 0 aliphatic heterocycles. The van der Waals surface area contributed by atoms with E-state index >= 15 is 0 Å². The SMILES string of the molecule is C/C=C/C=C\[Si](C)(C)C. The van der Waals surface area contributed by atoms with Gasteiger partial charge in [-0.2, -0.15) is 0 Å². The minimum Gasteiger partial charge on any atom is -0.0950 e. The van der Waals surface area contributed by atoms with Gasteiger partial charge in [0.05, 0.1) is 8.07 Å². The Balaban J connectivity index is 3.71. The topological polar surface area (TPSA) is 0 Å². The third-order valence-corrected chi connectivity index (χ3v) is 2.09. The Morgan fingerprint density at radius 3 is 1.89 bits per heavy atom. The van der Waals surface area contributed by atoms with Gasteiger partial charge in [-0.05, 0) is 6.92 Å². The highest BCUT2D eigenvalue weighted by Gasteiger charge is 2.04. The zero-order chi connectivity index (χ0) is 7.33. The highest BCUT2D eigenvalue weighted by Crippen LogP contribution is 2.01. The summed E-state index contributed by atoms with van der Waals surface area (Å²) in [6, 6.07) is 0. The molecule has 0 amide bonds. The maximum atomic E-state index is 2.33. The van der Waals surface area contributed by atoms with Crippen LogP contribution < -0.4 is 0 Å². The van der Waals surface area contributed by atoms with E-state index in [9.17, 15) is 0 Å². The maximum Gasteiger partial charge on any atom is 0.0686 e. The smallest absolute Gasteiger partial charge is 0.0686 e. The molecular weight excluding hydrogens is 124 g/mol. The summed E-state index contributed by atoms with van der Waals surface area (Å²) < 4.78 is 0. The van der Waals surface area contributed by atoms with Crippen LogP contribution in [0.2, 0.25) is 19.6 Å². The van der Waals surface area contributed by atoms with E-state index in [1.165, 1.54) is 0 Å². The molecule has 0 aromatic rings. The third-order valence-electron chi connectivity index (χ3n) is 0.900. The lowest BCUT2D eigenvalue weighted by Crippen LogP contribution is -2.14. The van der Waals surface area contributed by atoms with Crippen molar-refractivity contribution in [3.63, 3.8) is 0 Å². The van der Waals surface area contributed by atoms with E-state index in [4.69, 9.17) is 0 Å². The Morgan fingerprint density at radius 1 is 1.00 bits per heavy atom. The van der Waals surface area contributed by atoms with Crippen molar-refractivity contribution in [3.8, 4) is 0 Å². The second kappa shape index (κ2) is 3.67. The van der Waals surface area contributed by atoms with Crippen molar-refractivity contribution in [2.45, 2.75) is 26.6 Å². The lowest BCUT2D eigenvalue weighted by molar-refractivity contribution is 1.71. The van der Waals surface area contributed by atoms with Gasteiger partial charge in [0.1, 0.15) is 0 Å². The number of allylic oxidation sites excluding steroid dienone is 3. The second-order valence-electron chi connectivity index (χ2n) is 3.25. The molecule has 0 saturated heterocycles. The van der Waals surface area contributed by atoms with E-state index in [-0.39, 0.29) is 0 Å². The molecule has 0 rings (SSSR count). The highest BCUT2D eigenvalue weighted by atomic mass is 28.3. The Bertz CT molecular complexity index is 115. The van der Waals surface area contributed by atoms with Crippen LogP contribution in [0, 0.1) is 0 Å². The Morgan fingerprint density at radius 2 is 1.56 bits per heavy atom. The molecule has 0 fully saturated rings. The standard InChI is InChI=1S/C8H16Si/c1-5-6-7-8-9(2,3)4/h5-8H,1-4H3/b6-5+,8-7-. The van der Waals surface area contributed by atoms with Crippen LogP contribution in [-0.2, 0) is 0 Å². The minimum atomic E-state index is -0.926. The zero-order valence-corrected chi connectivity index (χ0v) is 7.81. The fourth-order valence-corrected chi connectivity index (χ4v) is 1.14. The molecule has 0 unspecified atom stereocenters. The van der Waals surface area contributed by atoms with Crippen LogP contribution in [0.3, 0.4) is 0 Å². The predicted molar refractivity (Wildman–Crippen MR) is 47.3 cm³/mol. The molecule has 0 nitrogen and oxygen atoms in total. The van der Waals surface area contributed by atoms with Gasteiger partial charge in [-0.1, -0.05) is 43.6 Å². The average molecular weight is 140 g/mol. The summed E-state index contributed by atoms with van der Waals surface area (Å²) in [5, 5.41) is 0. The molecule has 0 radical (unpaired) electrons. The second-order valence-corrected chi connectivity index (χ2v) is 8.32. The normalized spacial score (nSPS) is 13.8. The molecule has 52 valence electrons. The lowest BCUT2D eigenvalue weighted by Gasteiger charge is -2.06. The molecule has 0 aromatic carbocycles. The Hall–Kier alpha value is -0.303. The fraction of sp³-hybridized carbons (Fsp3) is 0.500. The summed E-state index contributed by atoms with van der Waals surface area (Å²) >= 11 is 0. The van der Waals surface area contributed by atoms with Crippen molar-refractivity contribution in [2.24, 2.45) is 0 Å². The molecule has 9 heavy (non-hydrogen) atoms. The van der Waals surface area contributed by atoms with Crippen LogP contribution in [0.5, 0.6) is 0 Å². The molecule has 0 saturated carbocycles. The first-order valence-electron chi connectivity index (χ1n) is 3.37. The van der Waals surface area contributed by atoms with Gasteiger partial charge in [-0.25, -0.2) is 0 Å². The zero-order valence-electron chi connectivity index (χ0n) is 6.81. The largest absolute Gasteiger partial charge is 0.0950 e. The third kappa shape index (κ3) is 7.70. The van der Waals surface area contributed by atoms with E-state index < -0.39 is 8.07 Å². The summed E-state index contributed by atoms with van der Waals surface area (Å²) in [7, 11) is -0.926. The van der Waals surface area contributed by atoms with Crippen molar-refractivity contribution in [1.29, 1.82) is 0 Å². The van der Waals surface area contributed by atoms with Crippen LogP contribution in [0.4, 0.5) is 0 Å². The average Bonchev–Trinajstić information content (AvgIpc) is 1.63. The molecule has 1 heteroatoms. The van der Waals surface area contributed by atoms with E-state index in [0.717, 1.165) is 0 Å². The summed E-state index contributed by atoms with van der Waals surface area (Å²) in [5.41, 5.74) is 2.33. The molecule has 0 aliphatic carbocycles. The van der Waals surface area contributed by atoms with Crippen molar-refractivity contribution >= 4 is 8.07 Å². The first-order chi connectivity index (χ1) is 4.06. The highest BCUT2D eigenvalue weighted by molar-refractivity contribution is 6.80. The van der Waals surface area contributed by atoms with Crippen LogP contribution in [-0.4, -0.2) is 8.07 Å². The van der Waals surface area contributed by atoms with E-state index in [0.29, 0.717) is 0 Å². The molecule has 0 atom stereocenters. The summed E-state index contributed by atoms with van der Waals surface area (Å²) in [4.78, 5) is 0. The van der Waals surface area contributed by atoms with Gasteiger partial charge in [0.25, 0.3) is 0 Å². The van der Waals surface area contributed by atoms with Gasteiger partial charge in [-0.15, -0.1) is 0 Å². The van der Waals surface area contributed by atoms with Crippen molar-refractivity contribution < 1.29 is 0 Å². The van der Waals surface area contributed by atoms with Crippen LogP contribution in [0.1, 0.15) is 6.92 Å². The summed E-state index contributed by atoms with van der Waals surface area (Å²) in [6.07, 6.45) is 6.28. The molecule has 0 aliphatic rings. The quantitative estimate of drug-likeness (QED) is 0.408. The van der Waals surface area contributed by atoms with Crippen molar-refractivity contribution in [3.05, 3.63) is 23.9 Å². The van der Waals surface area contributed by atoms with Gasteiger partial charge >= 0.3 is 0 Å². The predicted octanol–water partition coefficient (Wildman–Crippen LogP) is 3.00. The molecular formula is C8H16Si. The van der Waals surface area contributed by atoms with Gasteiger partial charge in [0.2, 0.25) is 0 Å². The molecule has 0 bridgehead atoms. The van der Waals surface area contributed by atoms with Crippen LogP contribution in [0.15, 0.2) is 23.9 Å². The van der Waals surface area contributed by atoms with Crippen LogP contribution >= 0.6 is 0 Å². The molecule has 0 spiro atoms. The molecule has 0 heterocycles. The van der Waals surface area contributed by atoms with Gasteiger partial charge in [-0.3, -0.25) is 0 Å². The van der Waals surface area contributed by atoms with Crippen molar-refractivity contribution in [2.75, 3.05) is 0 Å². The number of hydrogen-bond acceptors (Lipinski definition) is 0. The molecule has 0 N–H and O–H groups in total. The number of rotatable bonds is 2. The van der Waals surface area contributed by atoms with E-state index in [1.807, 2.05) is 6.92 Å². The summed E-state index contributed by atoms with van der Waals surface area (Å²) in [6.45, 7) is 9.02. The molecule has 0 aromatic heterocycles.